The van der Waals surface area contributed by atoms with Gasteiger partial charge in [0.1, 0.15) is 12.1 Å². The van der Waals surface area contributed by atoms with E-state index in [0.29, 0.717) is 77.9 Å². The van der Waals surface area contributed by atoms with Crippen molar-refractivity contribution in [3.8, 4) is 36.4 Å². The third-order valence-electron chi connectivity index (χ3n) is 6.54. The van der Waals surface area contributed by atoms with Gasteiger partial charge in [-0.2, -0.15) is 31.6 Å². The van der Waals surface area contributed by atoms with Gasteiger partial charge in [-0.15, -0.1) is 0 Å². The fourth-order valence-electron chi connectivity index (χ4n) is 5.01. The Bertz CT molecular complexity index is 1830. The summed E-state index contributed by atoms with van der Waals surface area (Å²) in [5, 5.41) is 58.0. The van der Waals surface area contributed by atoms with Gasteiger partial charge in [-0.25, -0.2) is 0 Å². The molecule has 2 aliphatic carbocycles. The molecule has 0 saturated carbocycles. The molecule has 0 atom stereocenters. The second-order valence-electron chi connectivity index (χ2n) is 8.42. The van der Waals surface area contributed by atoms with E-state index in [9.17, 15) is 31.6 Å². The van der Waals surface area contributed by atoms with Crippen molar-refractivity contribution in [3.63, 3.8) is 0 Å². The van der Waals surface area contributed by atoms with Gasteiger partial charge in [0.2, 0.25) is 0 Å². The van der Waals surface area contributed by atoms with E-state index in [4.69, 9.17) is 0 Å². The maximum absolute atomic E-state index is 10.1. The summed E-state index contributed by atoms with van der Waals surface area (Å²) in [4.78, 5) is 0. The van der Waals surface area contributed by atoms with Crippen LogP contribution in [-0.4, -0.2) is 0 Å². The molecule has 6 nitrogen and oxygen atoms in total. The molecule has 2 aliphatic rings. The predicted molar refractivity (Wildman–Crippen MR) is 141 cm³/mol. The summed E-state index contributed by atoms with van der Waals surface area (Å²) >= 11 is 0. The number of benzene rings is 3. The lowest BCUT2D eigenvalue weighted by atomic mass is 9.90. The first-order chi connectivity index (χ1) is 18.6. The lowest BCUT2D eigenvalue weighted by Gasteiger charge is -2.11. The predicted octanol–water partition coefficient (Wildman–Crippen LogP) is 6.14. The van der Waals surface area contributed by atoms with Crippen molar-refractivity contribution in [2.45, 2.75) is 0 Å². The summed E-state index contributed by atoms with van der Waals surface area (Å²) < 4.78 is 0. The highest BCUT2D eigenvalue weighted by atomic mass is 14.4. The smallest absolute Gasteiger partial charge is 0.100 e. The van der Waals surface area contributed by atoms with Crippen LogP contribution in [0.5, 0.6) is 0 Å². The maximum atomic E-state index is 10.1. The van der Waals surface area contributed by atoms with Crippen LogP contribution in [-0.2, 0) is 0 Å². The summed E-state index contributed by atoms with van der Waals surface area (Å²) in [6.45, 7) is 0. The topological polar surface area (TPSA) is 143 Å². The first-order valence-corrected chi connectivity index (χ1v) is 11.3. The number of hydrogen-bond donors (Lipinski definition) is 0. The minimum Gasteiger partial charge on any atom is -0.193 e. The first kappa shape index (κ1) is 23.3. The van der Waals surface area contributed by atoms with Crippen molar-refractivity contribution in [1.29, 1.82) is 31.6 Å². The van der Waals surface area contributed by atoms with E-state index in [-0.39, 0.29) is 0 Å². The maximum Gasteiger partial charge on any atom is 0.100 e. The zero-order valence-electron chi connectivity index (χ0n) is 19.6. The van der Waals surface area contributed by atoms with Crippen LogP contribution in [0, 0.1) is 68.0 Å². The Morgan fingerprint density at radius 2 is 0.921 bits per heavy atom. The van der Waals surface area contributed by atoms with Crippen molar-refractivity contribution in [2.75, 3.05) is 0 Å². The van der Waals surface area contributed by atoms with E-state index in [2.05, 4.69) is 36.4 Å². The van der Waals surface area contributed by atoms with Crippen LogP contribution >= 0.6 is 0 Å². The van der Waals surface area contributed by atoms with E-state index in [0.717, 1.165) is 0 Å². The highest BCUT2D eigenvalue weighted by Gasteiger charge is 2.31. The van der Waals surface area contributed by atoms with Crippen LogP contribution < -0.4 is 0 Å². The van der Waals surface area contributed by atoms with Gasteiger partial charge in [0.15, 0.2) is 0 Å². The molecule has 38 heavy (non-hydrogen) atoms. The summed E-state index contributed by atoms with van der Waals surface area (Å²) in [6.07, 6.45) is 2.76. The molecule has 5 rings (SSSR count). The molecule has 0 aliphatic heterocycles. The van der Waals surface area contributed by atoms with Gasteiger partial charge in [0, 0.05) is 45.6 Å². The molecule has 0 fully saturated rings. The van der Waals surface area contributed by atoms with Gasteiger partial charge >= 0.3 is 0 Å². The number of fused-ring (bicyclic) bond motifs is 2. The van der Waals surface area contributed by atoms with Gasteiger partial charge < -0.3 is 0 Å². The van der Waals surface area contributed by atoms with Crippen LogP contribution in [0.4, 0.5) is 0 Å². The van der Waals surface area contributed by atoms with Crippen LogP contribution in [0.15, 0.2) is 72.8 Å². The Morgan fingerprint density at radius 1 is 0.474 bits per heavy atom. The lowest BCUT2D eigenvalue weighted by molar-refractivity contribution is 1.46. The molecule has 0 bridgehead atoms. The average molecular weight is 480 g/mol. The normalized spacial score (nSPS) is 15.1. The molecule has 0 unspecified atom stereocenters. The van der Waals surface area contributed by atoms with Gasteiger partial charge in [-0.1, -0.05) is 30.3 Å². The molecular weight excluding hydrogens is 468 g/mol. The monoisotopic (exact) mass is 480 g/mol. The summed E-state index contributed by atoms with van der Waals surface area (Å²) in [5.41, 5.74) is 7.52. The SMILES string of the molecule is N#C/C=C1/C(c2cccc(C3=C(C#N)c4cc(C#N)ccc4/C3=C\C#N)c2)=C(C#N)c2cc(C#N)ccc21. The Kier molecular flexibility index (Phi) is 5.71. The molecular formula is C32H12N6. The molecule has 3 aromatic carbocycles. The highest BCUT2D eigenvalue weighted by Crippen LogP contribution is 2.49. The zero-order chi connectivity index (χ0) is 26.8. The van der Waals surface area contributed by atoms with Crippen LogP contribution in [0.1, 0.15) is 44.5 Å². The lowest BCUT2D eigenvalue weighted by Crippen LogP contribution is -1.91. The number of hydrogen-bond acceptors (Lipinski definition) is 6. The largest absolute Gasteiger partial charge is 0.193 e. The Morgan fingerprint density at radius 3 is 1.29 bits per heavy atom. The molecule has 0 saturated heterocycles. The fraction of sp³-hybridized carbons (Fsp3) is 0. The van der Waals surface area contributed by atoms with Gasteiger partial charge in [0.05, 0.1) is 46.5 Å². The van der Waals surface area contributed by atoms with E-state index < -0.39 is 0 Å². The third-order valence-corrected chi connectivity index (χ3v) is 6.54. The van der Waals surface area contributed by atoms with Crippen molar-refractivity contribution in [1.82, 2.24) is 0 Å². The molecule has 6 heteroatoms. The molecule has 0 N–H and O–H groups in total. The average Bonchev–Trinajstić information content (AvgIpc) is 3.44. The molecule has 0 spiro atoms. The molecule has 0 heterocycles. The number of nitriles is 6. The molecule has 170 valence electrons. The van der Waals surface area contributed by atoms with Gasteiger partial charge in [-0.3, -0.25) is 0 Å². The number of rotatable bonds is 2. The first-order valence-electron chi connectivity index (χ1n) is 11.3. The van der Waals surface area contributed by atoms with Crippen LogP contribution in [0.25, 0.3) is 33.4 Å². The summed E-state index contributed by atoms with van der Waals surface area (Å²) in [5.74, 6) is 0. The fourth-order valence-corrected chi connectivity index (χ4v) is 5.01. The molecule has 0 radical (unpaired) electrons. The zero-order valence-corrected chi connectivity index (χ0v) is 19.6. The summed E-state index contributed by atoms with van der Waals surface area (Å²) in [7, 11) is 0. The van der Waals surface area contributed by atoms with Gasteiger partial charge in [-0.05, 0) is 52.6 Å². The van der Waals surface area contributed by atoms with Crippen LogP contribution in [0.2, 0.25) is 0 Å². The minimum absolute atomic E-state index is 0.339. The molecule has 3 aromatic rings. The van der Waals surface area contributed by atoms with Crippen molar-refractivity contribution in [3.05, 3.63) is 117 Å². The molecule has 0 amide bonds. The van der Waals surface area contributed by atoms with E-state index >= 15 is 0 Å². The molecule has 0 aromatic heterocycles. The van der Waals surface area contributed by atoms with Gasteiger partial charge in [0.25, 0.3) is 0 Å². The third kappa shape index (κ3) is 3.45. The highest BCUT2D eigenvalue weighted by molar-refractivity contribution is 6.26. The van der Waals surface area contributed by atoms with E-state index in [1.165, 1.54) is 12.2 Å². The second-order valence-corrected chi connectivity index (χ2v) is 8.42. The van der Waals surface area contributed by atoms with Crippen LogP contribution in [0.3, 0.4) is 0 Å². The van der Waals surface area contributed by atoms with E-state index in [1.54, 1.807) is 42.5 Å². The quantitative estimate of drug-likeness (QED) is 0.403. The van der Waals surface area contributed by atoms with Crippen molar-refractivity contribution < 1.29 is 0 Å². The van der Waals surface area contributed by atoms with E-state index in [1.807, 2.05) is 18.2 Å². The standard InChI is InChI=1S/C32H12N6/c33-10-8-25-23-6-4-19(15-35)12-27(23)29(17-37)31(25)21-2-1-3-22(14-21)32-26(9-11-34)24-7-5-20(16-36)13-28(24)30(32)18-38/h1-9,12-14H/b25-8+,26-9+. The number of allylic oxidation sites excluding steroid dienone is 8. The van der Waals surface area contributed by atoms with Crippen molar-refractivity contribution >= 4 is 33.4 Å². The van der Waals surface area contributed by atoms with Crippen molar-refractivity contribution in [2.24, 2.45) is 0 Å². The Labute approximate surface area is 218 Å². The number of nitrogens with zero attached hydrogens (tertiary/aromatic N) is 6. The second kappa shape index (κ2) is 9.31. The Balaban J connectivity index is 1.76. The Hall–Kier alpha value is -6.44. The summed E-state index contributed by atoms with van der Waals surface area (Å²) in [6, 6.07) is 30.1. The minimum atomic E-state index is 0.339.